The summed E-state index contributed by atoms with van der Waals surface area (Å²) in [4.78, 5) is 17.5. The molecule has 0 radical (unpaired) electrons. The Kier molecular flexibility index (Phi) is 5.81. The van der Waals surface area contributed by atoms with Crippen molar-refractivity contribution in [2.24, 2.45) is 0 Å². The summed E-state index contributed by atoms with van der Waals surface area (Å²) >= 11 is 0. The lowest BCUT2D eigenvalue weighted by atomic mass is 10.2. The van der Waals surface area contributed by atoms with Crippen LogP contribution in [-0.4, -0.2) is 21.9 Å². The van der Waals surface area contributed by atoms with E-state index in [1.807, 2.05) is 48.0 Å². The largest absolute Gasteiger partial charge is 0.486 e. The third kappa shape index (κ3) is 4.65. The van der Waals surface area contributed by atoms with Gasteiger partial charge in [0.2, 0.25) is 0 Å². The van der Waals surface area contributed by atoms with E-state index in [1.165, 1.54) is 0 Å². The van der Waals surface area contributed by atoms with E-state index < -0.39 is 0 Å². The van der Waals surface area contributed by atoms with Gasteiger partial charge < -0.3 is 19.2 Å². The van der Waals surface area contributed by atoms with E-state index >= 15 is 0 Å². The van der Waals surface area contributed by atoms with Crippen molar-refractivity contribution in [3.05, 3.63) is 89.9 Å². The highest BCUT2D eigenvalue weighted by Crippen LogP contribution is 2.23. The zero-order valence-electron chi connectivity index (χ0n) is 16.9. The third-order valence-corrected chi connectivity index (χ3v) is 4.63. The van der Waals surface area contributed by atoms with Crippen LogP contribution in [0.1, 0.15) is 21.6 Å². The molecule has 0 unspecified atom stereocenters. The number of aromatic nitrogens is 2. The molecule has 154 valence electrons. The van der Waals surface area contributed by atoms with Gasteiger partial charge in [-0.3, -0.25) is 4.79 Å². The fourth-order valence-corrected chi connectivity index (χ4v) is 3.18. The molecule has 7 nitrogen and oxygen atoms in total. The smallest absolute Gasteiger partial charge is 0.259 e. The molecule has 4 aromatic rings. The zero-order chi connectivity index (χ0) is 21.6. The van der Waals surface area contributed by atoms with Gasteiger partial charge >= 0.3 is 0 Å². The van der Waals surface area contributed by atoms with Gasteiger partial charge in [0.1, 0.15) is 29.8 Å². The molecule has 0 atom stereocenters. The Hall–Kier alpha value is -4.31. The summed E-state index contributed by atoms with van der Waals surface area (Å²) in [6.07, 6.45) is 3.85. The van der Waals surface area contributed by atoms with Gasteiger partial charge in [-0.2, -0.15) is 5.26 Å². The number of amides is 1. The van der Waals surface area contributed by atoms with Crippen LogP contribution >= 0.6 is 0 Å². The van der Waals surface area contributed by atoms with Crippen LogP contribution in [0.25, 0.3) is 5.65 Å². The fourth-order valence-electron chi connectivity index (χ4n) is 3.18. The van der Waals surface area contributed by atoms with Crippen LogP contribution in [0.2, 0.25) is 0 Å². The van der Waals surface area contributed by atoms with Crippen LogP contribution in [0.15, 0.2) is 73.1 Å². The Bertz CT molecular complexity index is 1270. The van der Waals surface area contributed by atoms with Gasteiger partial charge in [-0.1, -0.05) is 24.3 Å². The summed E-state index contributed by atoms with van der Waals surface area (Å²) in [6, 6.07) is 19.8. The van der Waals surface area contributed by atoms with E-state index in [2.05, 4.69) is 10.3 Å². The highest BCUT2D eigenvalue weighted by atomic mass is 16.5. The minimum absolute atomic E-state index is 0.0589. The van der Waals surface area contributed by atoms with E-state index in [0.29, 0.717) is 22.7 Å². The number of ether oxygens (including phenoxy) is 2. The molecule has 2 heterocycles. The first-order chi connectivity index (χ1) is 15.1. The molecule has 0 saturated heterocycles. The predicted octanol–water partition coefficient (Wildman–Crippen LogP) is 4.38. The number of carbonyl (C=O) groups is 1. The molecule has 31 heavy (non-hydrogen) atoms. The van der Waals surface area contributed by atoms with E-state index in [0.717, 1.165) is 16.9 Å². The van der Waals surface area contributed by atoms with Crippen LogP contribution in [0, 0.1) is 18.3 Å². The first-order valence-electron chi connectivity index (χ1n) is 9.70. The highest BCUT2D eigenvalue weighted by Gasteiger charge is 2.14. The van der Waals surface area contributed by atoms with Crippen molar-refractivity contribution in [2.45, 2.75) is 13.5 Å². The molecule has 0 aliphatic rings. The Labute approximate surface area is 179 Å². The second-order valence-electron chi connectivity index (χ2n) is 6.87. The summed E-state index contributed by atoms with van der Waals surface area (Å²) in [5.41, 5.74) is 3.70. The average molecular weight is 412 g/mol. The van der Waals surface area contributed by atoms with Gasteiger partial charge in [-0.05, 0) is 42.8 Å². The number of benzene rings is 2. The average Bonchev–Trinajstić information content (AvgIpc) is 3.21. The van der Waals surface area contributed by atoms with Crippen LogP contribution in [-0.2, 0) is 6.61 Å². The van der Waals surface area contributed by atoms with Crippen molar-refractivity contribution in [3.63, 3.8) is 0 Å². The molecule has 1 N–H and O–H groups in total. The molecule has 0 aliphatic heterocycles. The van der Waals surface area contributed by atoms with Gasteiger partial charge in [-0.25, -0.2) is 4.98 Å². The van der Waals surface area contributed by atoms with Crippen LogP contribution in [0.4, 0.5) is 5.69 Å². The van der Waals surface area contributed by atoms with E-state index in [1.54, 1.807) is 42.5 Å². The lowest BCUT2D eigenvalue weighted by Gasteiger charge is -2.11. The van der Waals surface area contributed by atoms with Gasteiger partial charge in [0, 0.05) is 24.1 Å². The Morgan fingerprint density at radius 1 is 1.13 bits per heavy atom. The number of aryl methyl sites for hydroxylation is 1. The van der Waals surface area contributed by atoms with Crippen molar-refractivity contribution in [1.82, 2.24) is 9.38 Å². The number of nitrogens with zero attached hydrogens (tertiary/aromatic N) is 3. The van der Waals surface area contributed by atoms with E-state index in [9.17, 15) is 4.79 Å². The van der Waals surface area contributed by atoms with Crippen LogP contribution in [0.5, 0.6) is 11.5 Å². The van der Waals surface area contributed by atoms with E-state index in [4.69, 9.17) is 14.7 Å². The minimum atomic E-state index is -0.307. The summed E-state index contributed by atoms with van der Waals surface area (Å²) in [7, 11) is 0. The van der Waals surface area contributed by atoms with Gasteiger partial charge in [0.25, 0.3) is 5.91 Å². The first kappa shape index (κ1) is 20.0. The molecule has 0 saturated carbocycles. The Morgan fingerprint density at radius 2 is 2.00 bits per heavy atom. The number of para-hydroxylation sites is 1. The lowest BCUT2D eigenvalue weighted by Crippen LogP contribution is -2.13. The maximum atomic E-state index is 12.9. The molecule has 0 bridgehead atoms. The van der Waals surface area contributed by atoms with Gasteiger partial charge in [0.05, 0.1) is 11.3 Å². The van der Waals surface area contributed by atoms with Crippen molar-refractivity contribution in [3.8, 4) is 17.6 Å². The number of fused-ring (bicyclic) bond motifs is 1. The number of pyridine rings is 1. The molecule has 1 amide bonds. The monoisotopic (exact) mass is 412 g/mol. The topological polar surface area (TPSA) is 88.6 Å². The minimum Gasteiger partial charge on any atom is -0.486 e. The molecule has 0 spiro atoms. The molecule has 7 heteroatoms. The van der Waals surface area contributed by atoms with Gasteiger partial charge in [-0.15, -0.1) is 0 Å². The second-order valence-corrected chi connectivity index (χ2v) is 6.87. The molecule has 4 rings (SSSR count). The molecule has 2 aromatic heterocycles. The lowest BCUT2D eigenvalue weighted by molar-refractivity contribution is 0.102. The van der Waals surface area contributed by atoms with Gasteiger partial charge in [0.15, 0.2) is 6.61 Å². The quantitative estimate of drug-likeness (QED) is 0.487. The summed E-state index contributed by atoms with van der Waals surface area (Å²) < 4.78 is 13.2. The molecular weight excluding hydrogens is 392 g/mol. The second kappa shape index (κ2) is 9.01. The number of hydrogen-bond donors (Lipinski definition) is 1. The van der Waals surface area contributed by atoms with Crippen LogP contribution in [0.3, 0.4) is 0 Å². The zero-order valence-corrected chi connectivity index (χ0v) is 16.9. The molecule has 0 fully saturated rings. The van der Waals surface area contributed by atoms with Crippen LogP contribution < -0.4 is 14.8 Å². The van der Waals surface area contributed by atoms with Crippen molar-refractivity contribution < 1.29 is 14.3 Å². The number of nitrogens with one attached hydrogen (secondary N) is 1. The van der Waals surface area contributed by atoms with Crippen molar-refractivity contribution in [1.29, 1.82) is 5.26 Å². The Balaban J connectivity index is 1.48. The standard InChI is InChI=1S/C24H20N4O3/c1-17-6-5-12-28-15-19(26-23(17)28)16-31-22-10-3-2-9-21(22)24(29)27-18-7-4-8-20(14-18)30-13-11-25/h2-10,12,14-15H,13,16H2,1H3,(H,27,29). The number of nitriles is 1. The molecule has 0 aliphatic carbocycles. The summed E-state index contributed by atoms with van der Waals surface area (Å²) in [6.45, 7) is 2.19. The maximum absolute atomic E-state index is 12.9. The number of hydrogen-bond acceptors (Lipinski definition) is 5. The molecular formula is C24H20N4O3. The van der Waals surface area contributed by atoms with Crippen molar-refractivity contribution >= 4 is 17.2 Å². The predicted molar refractivity (Wildman–Crippen MR) is 116 cm³/mol. The first-order valence-corrected chi connectivity index (χ1v) is 9.70. The maximum Gasteiger partial charge on any atom is 0.259 e. The number of carbonyl (C=O) groups excluding carboxylic acids is 1. The SMILES string of the molecule is Cc1cccn2cc(COc3ccccc3C(=O)Nc3cccc(OCC#N)c3)nc12. The molecule has 2 aromatic carbocycles. The third-order valence-electron chi connectivity index (χ3n) is 4.63. The van der Waals surface area contributed by atoms with E-state index in [-0.39, 0.29) is 19.1 Å². The normalized spacial score (nSPS) is 10.5. The number of rotatable bonds is 7. The summed E-state index contributed by atoms with van der Waals surface area (Å²) in [5, 5.41) is 11.5. The summed E-state index contributed by atoms with van der Waals surface area (Å²) in [5.74, 6) is 0.663. The van der Waals surface area contributed by atoms with Crippen molar-refractivity contribution in [2.75, 3.05) is 11.9 Å². The fraction of sp³-hybridized carbons (Fsp3) is 0.125. The number of anilines is 1. The Morgan fingerprint density at radius 3 is 2.84 bits per heavy atom. The number of imidazole rings is 1. The highest BCUT2D eigenvalue weighted by molar-refractivity contribution is 6.06.